The standard InChI is InChI=1S/C27H27N5O/c1-17-14-30-26-21(17)13-20(15-31-26)19-11-18-7-10-32(27(33)25-5-2-3-8-29-25)16-23(18)22(12-19)24-6-4-9-28-24/h2-3,5,8,11-15,24,28H,4,6-7,9-10,16H2,1H3,(H,30,31). The molecule has 1 aromatic carbocycles. The van der Waals surface area contributed by atoms with Gasteiger partial charge in [-0.25, -0.2) is 4.98 Å². The van der Waals surface area contributed by atoms with Crippen LogP contribution in [-0.2, 0) is 13.0 Å². The maximum Gasteiger partial charge on any atom is 0.272 e. The highest BCUT2D eigenvalue weighted by atomic mass is 16.2. The molecule has 0 bridgehead atoms. The number of pyridine rings is 2. The Kier molecular flexibility index (Phi) is 4.95. The first-order chi connectivity index (χ1) is 16.2. The molecule has 1 saturated heterocycles. The first kappa shape index (κ1) is 20.1. The van der Waals surface area contributed by atoms with Crippen molar-refractivity contribution < 1.29 is 4.79 Å². The van der Waals surface area contributed by atoms with Crippen molar-refractivity contribution in [3.8, 4) is 11.1 Å². The van der Waals surface area contributed by atoms with Crippen LogP contribution in [0.25, 0.3) is 22.2 Å². The number of hydrogen-bond donors (Lipinski definition) is 2. The fourth-order valence-corrected chi connectivity index (χ4v) is 5.24. The van der Waals surface area contributed by atoms with Gasteiger partial charge in [-0.2, -0.15) is 0 Å². The van der Waals surface area contributed by atoms with Crippen molar-refractivity contribution in [3.05, 3.63) is 82.9 Å². The lowest BCUT2D eigenvalue weighted by atomic mass is 9.87. The quantitative estimate of drug-likeness (QED) is 0.493. The molecular formula is C27H27N5O. The number of aryl methyl sites for hydroxylation is 1. The van der Waals surface area contributed by atoms with Crippen LogP contribution >= 0.6 is 0 Å². The molecule has 2 N–H and O–H groups in total. The smallest absolute Gasteiger partial charge is 0.272 e. The lowest BCUT2D eigenvalue weighted by Gasteiger charge is -2.32. The molecule has 5 heterocycles. The van der Waals surface area contributed by atoms with Gasteiger partial charge in [0.1, 0.15) is 11.3 Å². The Morgan fingerprint density at radius 2 is 2.09 bits per heavy atom. The largest absolute Gasteiger partial charge is 0.346 e. The van der Waals surface area contributed by atoms with Crippen LogP contribution in [0.3, 0.4) is 0 Å². The normalized spacial score (nSPS) is 18.0. The first-order valence-corrected chi connectivity index (χ1v) is 11.7. The molecular weight excluding hydrogens is 410 g/mol. The zero-order chi connectivity index (χ0) is 22.4. The Labute approximate surface area is 193 Å². The SMILES string of the molecule is Cc1c[nH]c2ncc(-c3cc4c(c(C5CCCN5)c3)CN(C(=O)c3ccccn3)CC4)cc12. The summed E-state index contributed by atoms with van der Waals surface area (Å²) in [5.41, 5.74) is 8.95. The van der Waals surface area contributed by atoms with E-state index in [0.717, 1.165) is 36.0 Å². The van der Waals surface area contributed by atoms with E-state index in [1.165, 1.54) is 34.2 Å². The summed E-state index contributed by atoms with van der Waals surface area (Å²) in [6.45, 7) is 4.48. The monoisotopic (exact) mass is 437 g/mol. The van der Waals surface area contributed by atoms with E-state index >= 15 is 0 Å². The number of fused-ring (bicyclic) bond motifs is 2. The van der Waals surface area contributed by atoms with Gasteiger partial charge in [0.2, 0.25) is 0 Å². The number of amides is 1. The highest BCUT2D eigenvalue weighted by Gasteiger charge is 2.28. The van der Waals surface area contributed by atoms with Gasteiger partial charge in [0.05, 0.1) is 0 Å². The third-order valence-corrected chi connectivity index (χ3v) is 7.06. The van der Waals surface area contributed by atoms with Gasteiger partial charge in [-0.3, -0.25) is 9.78 Å². The Hall–Kier alpha value is -3.51. The van der Waals surface area contributed by atoms with Crippen molar-refractivity contribution in [3.63, 3.8) is 0 Å². The van der Waals surface area contributed by atoms with Crippen LogP contribution in [0.2, 0.25) is 0 Å². The maximum atomic E-state index is 13.1. The summed E-state index contributed by atoms with van der Waals surface area (Å²) in [6.07, 6.45) is 8.80. The van der Waals surface area contributed by atoms with E-state index in [1.807, 2.05) is 29.4 Å². The second kappa shape index (κ2) is 8.12. The van der Waals surface area contributed by atoms with Crippen LogP contribution in [0, 0.1) is 6.92 Å². The minimum atomic E-state index is 0.00763. The van der Waals surface area contributed by atoms with Crippen molar-refractivity contribution in [1.82, 2.24) is 25.2 Å². The van der Waals surface area contributed by atoms with E-state index in [0.29, 0.717) is 24.8 Å². The molecule has 6 rings (SSSR count). The molecule has 0 spiro atoms. The number of carbonyl (C=O) groups excluding carboxylic acids is 1. The van der Waals surface area contributed by atoms with E-state index in [4.69, 9.17) is 0 Å². The molecule has 4 aromatic rings. The minimum absolute atomic E-state index is 0.00763. The van der Waals surface area contributed by atoms with E-state index in [-0.39, 0.29) is 5.91 Å². The molecule has 1 atom stereocenters. The number of aromatic nitrogens is 3. The van der Waals surface area contributed by atoms with E-state index < -0.39 is 0 Å². The number of nitrogens with one attached hydrogen (secondary N) is 2. The summed E-state index contributed by atoms with van der Waals surface area (Å²) in [7, 11) is 0. The maximum absolute atomic E-state index is 13.1. The van der Waals surface area contributed by atoms with E-state index in [1.54, 1.807) is 12.3 Å². The van der Waals surface area contributed by atoms with E-state index in [9.17, 15) is 4.79 Å². The zero-order valence-electron chi connectivity index (χ0n) is 18.8. The molecule has 2 aliphatic rings. The third-order valence-electron chi connectivity index (χ3n) is 7.06. The number of benzene rings is 1. The van der Waals surface area contributed by atoms with Crippen molar-refractivity contribution in [2.24, 2.45) is 0 Å². The molecule has 33 heavy (non-hydrogen) atoms. The Balaban J connectivity index is 1.41. The van der Waals surface area contributed by atoms with Crippen LogP contribution in [0.1, 0.15) is 51.6 Å². The molecule has 1 amide bonds. The molecule has 1 unspecified atom stereocenters. The van der Waals surface area contributed by atoms with Gasteiger partial charge in [0.15, 0.2) is 0 Å². The average Bonchev–Trinajstić information content (AvgIpc) is 3.53. The molecule has 6 heteroatoms. The Morgan fingerprint density at radius 3 is 2.91 bits per heavy atom. The summed E-state index contributed by atoms with van der Waals surface area (Å²) in [5, 5.41) is 4.84. The van der Waals surface area contributed by atoms with Gasteiger partial charge < -0.3 is 15.2 Å². The minimum Gasteiger partial charge on any atom is -0.346 e. The van der Waals surface area contributed by atoms with Crippen molar-refractivity contribution in [1.29, 1.82) is 0 Å². The fraction of sp³-hybridized carbons (Fsp3) is 0.296. The highest BCUT2D eigenvalue weighted by molar-refractivity contribution is 5.92. The van der Waals surface area contributed by atoms with Gasteiger partial charge in [-0.1, -0.05) is 12.1 Å². The van der Waals surface area contributed by atoms with Gasteiger partial charge in [-0.15, -0.1) is 0 Å². The van der Waals surface area contributed by atoms with Crippen LogP contribution < -0.4 is 5.32 Å². The van der Waals surface area contributed by atoms with E-state index in [2.05, 4.69) is 45.4 Å². The van der Waals surface area contributed by atoms with Crippen LogP contribution in [0.5, 0.6) is 0 Å². The van der Waals surface area contributed by atoms with Gasteiger partial charge in [-0.05, 0) is 84.8 Å². The highest BCUT2D eigenvalue weighted by Crippen LogP contribution is 2.36. The molecule has 3 aromatic heterocycles. The molecule has 0 radical (unpaired) electrons. The third kappa shape index (κ3) is 3.60. The van der Waals surface area contributed by atoms with Crippen molar-refractivity contribution >= 4 is 16.9 Å². The number of nitrogens with zero attached hydrogens (tertiary/aromatic N) is 3. The summed E-state index contributed by atoms with van der Waals surface area (Å²) in [5.74, 6) is 0.00763. The topological polar surface area (TPSA) is 73.9 Å². The number of rotatable bonds is 3. The number of aromatic amines is 1. The van der Waals surface area contributed by atoms with Crippen molar-refractivity contribution in [2.75, 3.05) is 13.1 Å². The van der Waals surface area contributed by atoms with Gasteiger partial charge in [0, 0.05) is 48.7 Å². The van der Waals surface area contributed by atoms with Crippen molar-refractivity contribution in [2.45, 2.75) is 38.8 Å². The molecule has 0 saturated carbocycles. The number of hydrogen-bond acceptors (Lipinski definition) is 4. The molecule has 6 nitrogen and oxygen atoms in total. The fourth-order valence-electron chi connectivity index (χ4n) is 5.24. The Morgan fingerprint density at radius 1 is 1.15 bits per heavy atom. The molecule has 2 aliphatic heterocycles. The second-order valence-electron chi connectivity index (χ2n) is 9.14. The number of H-pyrrole nitrogens is 1. The summed E-state index contributed by atoms with van der Waals surface area (Å²) in [6, 6.07) is 12.7. The zero-order valence-corrected chi connectivity index (χ0v) is 18.8. The molecule has 166 valence electrons. The molecule has 1 fully saturated rings. The van der Waals surface area contributed by atoms with Gasteiger partial charge in [0.25, 0.3) is 5.91 Å². The number of carbonyl (C=O) groups is 1. The predicted molar refractivity (Wildman–Crippen MR) is 129 cm³/mol. The van der Waals surface area contributed by atoms with Crippen LogP contribution in [0.4, 0.5) is 0 Å². The average molecular weight is 438 g/mol. The van der Waals surface area contributed by atoms with Crippen LogP contribution in [0.15, 0.2) is 55.0 Å². The lowest BCUT2D eigenvalue weighted by molar-refractivity contribution is 0.0728. The second-order valence-corrected chi connectivity index (χ2v) is 9.14. The predicted octanol–water partition coefficient (Wildman–Crippen LogP) is 4.56. The lowest BCUT2D eigenvalue weighted by Crippen LogP contribution is -2.37. The summed E-state index contributed by atoms with van der Waals surface area (Å²) < 4.78 is 0. The summed E-state index contributed by atoms with van der Waals surface area (Å²) >= 11 is 0. The Bertz CT molecular complexity index is 1340. The molecule has 0 aliphatic carbocycles. The first-order valence-electron chi connectivity index (χ1n) is 11.7. The summed E-state index contributed by atoms with van der Waals surface area (Å²) in [4.78, 5) is 27.2. The van der Waals surface area contributed by atoms with Crippen LogP contribution in [-0.4, -0.2) is 38.8 Å². The van der Waals surface area contributed by atoms with Gasteiger partial charge >= 0.3 is 0 Å².